The molecule has 0 heterocycles. The molecule has 0 radical (unpaired) electrons. The van der Waals surface area contributed by atoms with Gasteiger partial charge in [0.05, 0.1) is 12.5 Å². The fraction of sp³-hybridized carbons (Fsp3) is 0.857. The highest BCUT2D eigenvalue weighted by Gasteiger charge is 2.27. The van der Waals surface area contributed by atoms with E-state index >= 15 is 0 Å². The number of rotatable bonds is 7. The molecule has 1 rings (SSSR count). The molecular formula is C14H26N2O4. The van der Waals surface area contributed by atoms with E-state index in [0.29, 0.717) is 38.5 Å². The molecule has 3 N–H and O–H groups in total. The van der Waals surface area contributed by atoms with Crippen LogP contribution >= 0.6 is 0 Å². The normalized spacial score (nSPS) is 22.6. The van der Waals surface area contributed by atoms with Gasteiger partial charge < -0.3 is 20.5 Å². The molecule has 20 heavy (non-hydrogen) atoms. The number of carbonyl (C=O) groups excluding carboxylic acids is 1. The van der Waals surface area contributed by atoms with Crippen molar-refractivity contribution in [3.8, 4) is 0 Å². The Morgan fingerprint density at radius 3 is 2.75 bits per heavy atom. The smallest absolute Gasteiger partial charge is 0.315 e. The van der Waals surface area contributed by atoms with E-state index in [9.17, 15) is 9.59 Å². The molecule has 0 aliphatic heterocycles. The van der Waals surface area contributed by atoms with Crippen molar-refractivity contribution in [2.45, 2.75) is 45.6 Å². The van der Waals surface area contributed by atoms with Crippen LogP contribution in [0.3, 0.4) is 0 Å². The predicted molar refractivity (Wildman–Crippen MR) is 75.6 cm³/mol. The fourth-order valence-corrected chi connectivity index (χ4v) is 2.34. The molecule has 2 amide bonds. The Bertz CT molecular complexity index is 320. The molecule has 1 aliphatic carbocycles. The van der Waals surface area contributed by atoms with Crippen LogP contribution in [-0.4, -0.2) is 42.9 Å². The summed E-state index contributed by atoms with van der Waals surface area (Å²) in [5.74, 6) is -0.610. The topological polar surface area (TPSA) is 87.7 Å². The van der Waals surface area contributed by atoms with Gasteiger partial charge in [0.1, 0.15) is 0 Å². The SMILES string of the molecule is CC(C)COCCNC(=O)NC1CCCC(C(=O)O)C1. The van der Waals surface area contributed by atoms with Crippen LogP contribution in [0.1, 0.15) is 39.5 Å². The Hall–Kier alpha value is -1.30. The minimum atomic E-state index is -0.765. The molecule has 1 saturated carbocycles. The largest absolute Gasteiger partial charge is 0.481 e. The van der Waals surface area contributed by atoms with Crippen LogP contribution in [0.4, 0.5) is 4.79 Å². The van der Waals surface area contributed by atoms with Gasteiger partial charge >= 0.3 is 12.0 Å². The monoisotopic (exact) mass is 286 g/mol. The van der Waals surface area contributed by atoms with Crippen LogP contribution in [-0.2, 0) is 9.53 Å². The molecule has 0 bridgehead atoms. The van der Waals surface area contributed by atoms with E-state index in [-0.39, 0.29) is 18.0 Å². The van der Waals surface area contributed by atoms with Gasteiger partial charge in [-0.15, -0.1) is 0 Å². The Labute approximate surface area is 120 Å². The first kappa shape index (κ1) is 16.8. The molecule has 0 aromatic carbocycles. The summed E-state index contributed by atoms with van der Waals surface area (Å²) in [5, 5.41) is 14.6. The first-order chi connectivity index (χ1) is 9.49. The molecule has 0 saturated heterocycles. The quantitative estimate of drug-likeness (QED) is 0.620. The van der Waals surface area contributed by atoms with Crippen LogP contribution in [0.2, 0.25) is 0 Å². The first-order valence-electron chi connectivity index (χ1n) is 7.34. The highest BCUT2D eigenvalue weighted by atomic mass is 16.5. The van der Waals surface area contributed by atoms with E-state index in [4.69, 9.17) is 9.84 Å². The number of urea groups is 1. The number of hydrogen-bond acceptors (Lipinski definition) is 3. The zero-order chi connectivity index (χ0) is 15.0. The number of aliphatic carboxylic acids is 1. The summed E-state index contributed by atoms with van der Waals surface area (Å²) in [5.41, 5.74) is 0. The van der Waals surface area contributed by atoms with Gasteiger partial charge in [-0.1, -0.05) is 20.3 Å². The number of hydrogen-bond donors (Lipinski definition) is 3. The lowest BCUT2D eigenvalue weighted by Crippen LogP contribution is -2.45. The van der Waals surface area contributed by atoms with Crippen LogP contribution in [0.25, 0.3) is 0 Å². The minimum Gasteiger partial charge on any atom is -0.481 e. The lowest BCUT2D eigenvalue weighted by atomic mass is 9.86. The van der Waals surface area contributed by atoms with Crippen LogP contribution in [0.15, 0.2) is 0 Å². The summed E-state index contributed by atoms with van der Waals surface area (Å²) in [6, 6.07) is -0.282. The molecule has 0 aromatic rings. The van der Waals surface area contributed by atoms with Crippen molar-refractivity contribution in [1.82, 2.24) is 10.6 Å². The van der Waals surface area contributed by atoms with E-state index in [1.54, 1.807) is 0 Å². The van der Waals surface area contributed by atoms with E-state index < -0.39 is 5.97 Å². The first-order valence-corrected chi connectivity index (χ1v) is 7.34. The zero-order valence-electron chi connectivity index (χ0n) is 12.4. The summed E-state index contributed by atoms with van der Waals surface area (Å²) < 4.78 is 5.36. The fourth-order valence-electron chi connectivity index (χ4n) is 2.34. The van der Waals surface area contributed by atoms with Gasteiger partial charge in [0.25, 0.3) is 0 Å². The number of ether oxygens (including phenoxy) is 1. The van der Waals surface area contributed by atoms with Crippen molar-refractivity contribution in [2.24, 2.45) is 11.8 Å². The molecule has 2 unspecified atom stereocenters. The van der Waals surface area contributed by atoms with Gasteiger partial charge in [0.15, 0.2) is 0 Å². The summed E-state index contributed by atoms with van der Waals surface area (Å²) in [6.07, 6.45) is 2.92. The molecule has 6 heteroatoms. The van der Waals surface area contributed by atoms with Crippen molar-refractivity contribution in [2.75, 3.05) is 19.8 Å². The number of carboxylic acid groups (broad SMARTS) is 1. The maximum Gasteiger partial charge on any atom is 0.315 e. The van der Waals surface area contributed by atoms with Crippen molar-refractivity contribution < 1.29 is 19.4 Å². The summed E-state index contributed by atoms with van der Waals surface area (Å²) in [6.45, 7) is 5.79. The zero-order valence-corrected chi connectivity index (χ0v) is 12.4. The predicted octanol–water partition coefficient (Wildman–Crippen LogP) is 1.60. The Morgan fingerprint density at radius 2 is 2.10 bits per heavy atom. The lowest BCUT2D eigenvalue weighted by Gasteiger charge is -2.27. The number of carbonyl (C=O) groups is 2. The summed E-state index contributed by atoms with van der Waals surface area (Å²) in [4.78, 5) is 22.6. The average Bonchev–Trinajstić information content (AvgIpc) is 2.38. The molecule has 0 spiro atoms. The lowest BCUT2D eigenvalue weighted by molar-refractivity contribution is -0.143. The minimum absolute atomic E-state index is 0.0403. The van der Waals surface area contributed by atoms with Crippen LogP contribution < -0.4 is 10.6 Å². The maximum atomic E-state index is 11.7. The van der Waals surface area contributed by atoms with Crippen LogP contribution in [0.5, 0.6) is 0 Å². The Morgan fingerprint density at radius 1 is 1.35 bits per heavy atom. The molecule has 1 fully saturated rings. The van der Waals surface area contributed by atoms with Crippen molar-refractivity contribution in [3.63, 3.8) is 0 Å². The van der Waals surface area contributed by atoms with Gasteiger partial charge in [-0.05, 0) is 25.2 Å². The third-order valence-corrected chi connectivity index (χ3v) is 3.34. The molecule has 0 aromatic heterocycles. The Kier molecular flexibility index (Phi) is 7.36. The standard InChI is InChI=1S/C14H26N2O4/c1-10(2)9-20-7-6-15-14(19)16-12-5-3-4-11(8-12)13(17)18/h10-12H,3-9H2,1-2H3,(H,17,18)(H2,15,16,19). The molecule has 2 atom stereocenters. The molecule has 116 valence electrons. The highest BCUT2D eigenvalue weighted by molar-refractivity contribution is 5.74. The number of carboxylic acids is 1. The van der Waals surface area contributed by atoms with Crippen molar-refractivity contribution in [1.29, 1.82) is 0 Å². The second-order valence-corrected chi connectivity index (χ2v) is 5.77. The van der Waals surface area contributed by atoms with E-state index in [0.717, 1.165) is 12.8 Å². The summed E-state index contributed by atoms with van der Waals surface area (Å²) >= 11 is 0. The number of amides is 2. The van der Waals surface area contributed by atoms with Crippen LogP contribution in [0, 0.1) is 11.8 Å². The van der Waals surface area contributed by atoms with Gasteiger partial charge in [-0.3, -0.25) is 4.79 Å². The van der Waals surface area contributed by atoms with E-state index in [1.165, 1.54) is 0 Å². The second-order valence-electron chi connectivity index (χ2n) is 5.77. The van der Waals surface area contributed by atoms with Gasteiger partial charge in [0.2, 0.25) is 0 Å². The average molecular weight is 286 g/mol. The molecule has 6 nitrogen and oxygen atoms in total. The van der Waals surface area contributed by atoms with Crippen molar-refractivity contribution in [3.05, 3.63) is 0 Å². The third-order valence-electron chi connectivity index (χ3n) is 3.34. The number of nitrogens with one attached hydrogen (secondary N) is 2. The van der Waals surface area contributed by atoms with Gasteiger partial charge in [0, 0.05) is 19.2 Å². The summed E-state index contributed by atoms with van der Waals surface area (Å²) in [7, 11) is 0. The third kappa shape index (κ3) is 6.75. The highest BCUT2D eigenvalue weighted by Crippen LogP contribution is 2.24. The van der Waals surface area contributed by atoms with Gasteiger partial charge in [-0.2, -0.15) is 0 Å². The second kappa shape index (κ2) is 8.79. The van der Waals surface area contributed by atoms with Crippen molar-refractivity contribution >= 4 is 12.0 Å². The Balaban J connectivity index is 2.13. The molecular weight excluding hydrogens is 260 g/mol. The van der Waals surface area contributed by atoms with Gasteiger partial charge in [-0.25, -0.2) is 4.79 Å². The van der Waals surface area contributed by atoms with E-state index in [1.807, 2.05) is 0 Å². The maximum absolute atomic E-state index is 11.7. The van der Waals surface area contributed by atoms with E-state index in [2.05, 4.69) is 24.5 Å². The molecule has 1 aliphatic rings.